The van der Waals surface area contributed by atoms with Gasteiger partial charge in [0.1, 0.15) is 5.69 Å². The van der Waals surface area contributed by atoms with E-state index in [4.69, 9.17) is 0 Å². The van der Waals surface area contributed by atoms with E-state index in [1.165, 1.54) is 11.6 Å². The number of carbonyl (C=O) groups is 1. The number of aromatic nitrogens is 2. The van der Waals surface area contributed by atoms with E-state index in [2.05, 4.69) is 5.10 Å². The summed E-state index contributed by atoms with van der Waals surface area (Å²) in [7, 11) is 0. The first-order valence-electron chi connectivity index (χ1n) is 4.96. The number of para-hydroxylation sites is 1. The lowest BCUT2D eigenvalue weighted by atomic mass is 10.2. The van der Waals surface area contributed by atoms with Crippen LogP contribution in [0.1, 0.15) is 23.1 Å². The molecule has 1 aromatic heterocycles. The maximum atomic E-state index is 11.5. The summed E-state index contributed by atoms with van der Waals surface area (Å²) in [6.07, 6.45) is 0. The van der Waals surface area contributed by atoms with E-state index in [1.807, 2.05) is 30.3 Å². The first-order valence-corrected chi connectivity index (χ1v) is 4.96. The smallest absolute Gasteiger partial charge is 0.182 e. The Bertz CT molecular complexity index is 529. The van der Waals surface area contributed by atoms with Crippen molar-refractivity contribution < 1.29 is 9.90 Å². The van der Waals surface area contributed by atoms with Crippen LogP contribution in [0.15, 0.2) is 30.3 Å². The monoisotopic (exact) mass is 216 g/mol. The Morgan fingerprint density at radius 2 is 1.94 bits per heavy atom. The van der Waals surface area contributed by atoms with Crippen molar-refractivity contribution >= 4 is 5.78 Å². The average molecular weight is 216 g/mol. The minimum absolute atomic E-state index is 0.0450. The van der Waals surface area contributed by atoms with E-state index in [0.29, 0.717) is 5.69 Å². The van der Waals surface area contributed by atoms with Gasteiger partial charge < -0.3 is 5.11 Å². The highest BCUT2D eigenvalue weighted by atomic mass is 16.3. The molecular formula is C12H12N2O2. The Morgan fingerprint density at radius 1 is 1.31 bits per heavy atom. The van der Waals surface area contributed by atoms with E-state index < -0.39 is 0 Å². The molecular weight excluding hydrogens is 204 g/mol. The highest BCUT2D eigenvalue weighted by Gasteiger charge is 2.18. The molecule has 4 heteroatoms. The van der Waals surface area contributed by atoms with Gasteiger partial charge in [0.05, 0.1) is 5.69 Å². The molecule has 0 atom stereocenters. The largest absolute Gasteiger partial charge is 0.504 e. The van der Waals surface area contributed by atoms with Crippen molar-refractivity contribution in [2.45, 2.75) is 13.8 Å². The number of carbonyl (C=O) groups excluding carboxylic acids is 1. The Kier molecular flexibility index (Phi) is 2.48. The number of Topliss-reactive ketones (excluding diaryl/α,β-unsaturated/α-hetero) is 1. The highest BCUT2D eigenvalue weighted by Crippen LogP contribution is 2.24. The van der Waals surface area contributed by atoms with Gasteiger partial charge in [0.25, 0.3) is 0 Å². The van der Waals surface area contributed by atoms with Crippen molar-refractivity contribution in [2.75, 3.05) is 0 Å². The predicted molar refractivity (Wildman–Crippen MR) is 60.0 cm³/mol. The third-order valence-corrected chi connectivity index (χ3v) is 2.36. The predicted octanol–water partition coefficient (Wildman–Crippen LogP) is 2.09. The van der Waals surface area contributed by atoms with Crippen molar-refractivity contribution in [1.29, 1.82) is 0 Å². The summed E-state index contributed by atoms with van der Waals surface area (Å²) in [5.74, 6) is -0.252. The number of rotatable bonds is 2. The standard InChI is InChI=1S/C12H12N2O2/c1-8-12(16)11(9(2)15)14(13-8)10-6-4-3-5-7-10/h3-7,16H,1-2H3. The molecule has 0 unspecified atom stereocenters. The summed E-state index contributed by atoms with van der Waals surface area (Å²) in [5.41, 5.74) is 1.44. The summed E-state index contributed by atoms with van der Waals surface area (Å²) >= 11 is 0. The van der Waals surface area contributed by atoms with Crippen LogP contribution in [0.3, 0.4) is 0 Å². The average Bonchev–Trinajstić information content (AvgIpc) is 2.57. The van der Waals surface area contributed by atoms with Crippen LogP contribution >= 0.6 is 0 Å². The topological polar surface area (TPSA) is 55.1 Å². The van der Waals surface area contributed by atoms with Crippen molar-refractivity contribution in [1.82, 2.24) is 9.78 Å². The van der Waals surface area contributed by atoms with Gasteiger partial charge in [0.15, 0.2) is 17.2 Å². The van der Waals surface area contributed by atoms with Crippen molar-refractivity contribution in [3.05, 3.63) is 41.7 Å². The van der Waals surface area contributed by atoms with Crippen LogP contribution in [0.5, 0.6) is 5.75 Å². The molecule has 0 bridgehead atoms. The Balaban J connectivity index is 2.66. The zero-order valence-electron chi connectivity index (χ0n) is 9.14. The van der Waals surface area contributed by atoms with E-state index in [0.717, 1.165) is 5.69 Å². The summed E-state index contributed by atoms with van der Waals surface area (Å²) in [6, 6.07) is 9.25. The quantitative estimate of drug-likeness (QED) is 0.782. The molecule has 4 nitrogen and oxygen atoms in total. The SMILES string of the molecule is CC(=O)c1c(O)c(C)nn1-c1ccccc1. The van der Waals surface area contributed by atoms with Gasteiger partial charge in [-0.2, -0.15) is 5.10 Å². The maximum Gasteiger partial charge on any atom is 0.182 e. The van der Waals surface area contributed by atoms with Gasteiger partial charge in [-0.15, -0.1) is 0 Å². The van der Waals surface area contributed by atoms with E-state index >= 15 is 0 Å². The maximum absolute atomic E-state index is 11.5. The molecule has 2 rings (SSSR count). The molecule has 82 valence electrons. The van der Waals surface area contributed by atoms with Crippen molar-refractivity contribution in [3.8, 4) is 11.4 Å². The third-order valence-electron chi connectivity index (χ3n) is 2.36. The molecule has 0 radical (unpaired) electrons. The lowest BCUT2D eigenvalue weighted by Gasteiger charge is -2.04. The number of hydrogen-bond donors (Lipinski definition) is 1. The molecule has 0 amide bonds. The fourth-order valence-electron chi connectivity index (χ4n) is 1.59. The zero-order valence-corrected chi connectivity index (χ0v) is 9.14. The van der Waals surface area contributed by atoms with Gasteiger partial charge in [0, 0.05) is 6.92 Å². The molecule has 0 aliphatic rings. The van der Waals surface area contributed by atoms with Crippen molar-refractivity contribution in [3.63, 3.8) is 0 Å². The molecule has 0 saturated heterocycles. The first kappa shape index (κ1) is 10.4. The van der Waals surface area contributed by atoms with Gasteiger partial charge in [-0.3, -0.25) is 4.79 Å². The van der Waals surface area contributed by atoms with Crippen LogP contribution < -0.4 is 0 Å². The number of hydrogen-bond acceptors (Lipinski definition) is 3. The number of ketones is 1. The molecule has 16 heavy (non-hydrogen) atoms. The van der Waals surface area contributed by atoms with Gasteiger partial charge >= 0.3 is 0 Å². The van der Waals surface area contributed by atoms with Crippen LogP contribution in [0.4, 0.5) is 0 Å². The summed E-state index contributed by atoms with van der Waals surface area (Å²) < 4.78 is 1.47. The molecule has 1 heterocycles. The van der Waals surface area contributed by atoms with Crippen LogP contribution in [0, 0.1) is 6.92 Å². The molecule has 0 aliphatic heterocycles. The number of nitrogens with zero attached hydrogens (tertiary/aromatic N) is 2. The van der Waals surface area contributed by atoms with Gasteiger partial charge in [-0.1, -0.05) is 18.2 Å². The second kappa shape index (κ2) is 3.81. The second-order valence-corrected chi connectivity index (χ2v) is 3.59. The lowest BCUT2D eigenvalue weighted by molar-refractivity contribution is 0.100. The van der Waals surface area contributed by atoms with Crippen LogP contribution in [-0.4, -0.2) is 20.7 Å². The van der Waals surface area contributed by atoms with E-state index in [9.17, 15) is 9.90 Å². The molecule has 0 fully saturated rings. The normalized spacial score (nSPS) is 10.4. The van der Waals surface area contributed by atoms with Gasteiger partial charge in [0.2, 0.25) is 0 Å². The van der Waals surface area contributed by atoms with Crippen LogP contribution in [0.2, 0.25) is 0 Å². The number of aryl methyl sites for hydroxylation is 1. The van der Waals surface area contributed by atoms with E-state index in [-0.39, 0.29) is 17.2 Å². The summed E-state index contributed by atoms with van der Waals surface area (Å²) in [4.78, 5) is 11.5. The third kappa shape index (κ3) is 1.58. The van der Waals surface area contributed by atoms with Crippen LogP contribution in [-0.2, 0) is 0 Å². The number of aromatic hydroxyl groups is 1. The molecule has 1 aromatic carbocycles. The minimum atomic E-state index is -0.207. The van der Waals surface area contributed by atoms with Gasteiger partial charge in [-0.05, 0) is 19.1 Å². The summed E-state index contributed by atoms with van der Waals surface area (Å²) in [5, 5.41) is 13.9. The van der Waals surface area contributed by atoms with Gasteiger partial charge in [-0.25, -0.2) is 4.68 Å². The molecule has 0 spiro atoms. The first-order chi connectivity index (χ1) is 7.61. The molecule has 0 saturated carbocycles. The molecule has 2 aromatic rings. The lowest BCUT2D eigenvalue weighted by Crippen LogP contribution is -2.05. The second-order valence-electron chi connectivity index (χ2n) is 3.59. The number of benzene rings is 1. The Hall–Kier alpha value is -2.10. The molecule has 1 N–H and O–H groups in total. The van der Waals surface area contributed by atoms with Crippen LogP contribution in [0.25, 0.3) is 5.69 Å². The fraction of sp³-hybridized carbons (Fsp3) is 0.167. The summed E-state index contributed by atoms with van der Waals surface area (Å²) in [6.45, 7) is 3.08. The Labute approximate surface area is 93.1 Å². The Morgan fingerprint density at radius 3 is 2.50 bits per heavy atom. The van der Waals surface area contributed by atoms with Crippen molar-refractivity contribution in [2.24, 2.45) is 0 Å². The minimum Gasteiger partial charge on any atom is -0.504 e. The fourth-order valence-corrected chi connectivity index (χ4v) is 1.59. The molecule has 0 aliphatic carbocycles. The zero-order chi connectivity index (χ0) is 11.7. The van der Waals surface area contributed by atoms with E-state index in [1.54, 1.807) is 6.92 Å². The highest BCUT2D eigenvalue weighted by molar-refractivity contribution is 5.95.